The largest absolute Gasteiger partial charge is 0.309 e. The molecule has 1 heteroatoms. The van der Waals surface area contributed by atoms with Crippen LogP contribution in [-0.4, -0.2) is 4.57 Å². The number of aryl methyl sites for hydroxylation is 2. The molecular formula is C49H35N. The van der Waals surface area contributed by atoms with Gasteiger partial charge in [-0.25, -0.2) is 0 Å². The van der Waals surface area contributed by atoms with Crippen molar-refractivity contribution in [2.24, 2.45) is 0 Å². The summed E-state index contributed by atoms with van der Waals surface area (Å²) in [6.45, 7) is 4.38. The van der Waals surface area contributed by atoms with Crippen molar-refractivity contribution >= 4 is 32.6 Å². The van der Waals surface area contributed by atoms with Gasteiger partial charge in [-0.1, -0.05) is 140 Å². The molecule has 1 nitrogen and oxygen atoms in total. The zero-order valence-electron chi connectivity index (χ0n) is 28.2. The predicted octanol–water partition coefficient (Wildman–Crippen LogP) is 12.6. The minimum absolute atomic E-state index is 0.427. The normalized spacial score (nSPS) is 13.2. The number of benzene rings is 8. The van der Waals surface area contributed by atoms with Crippen molar-refractivity contribution in [2.75, 3.05) is 0 Å². The number of aromatic nitrogens is 1. The summed E-state index contributed by atoms with van der Waals surface area (Å²) >= 11 is 0. The highest BCUT2D eigenvalue weighted by Gasteiger charge is 2.46. The third kappa shape index (κ3) is 4.07. The van der Waals surface area contributed by atoms with Crippen molar-refractivity contribution in [1.82, 2.24) is 4.57 Å². The lowest BCUT2D eigenvalue weighted by atomic mass is 9.67. The molecule has 0 spiro atoms. The van der Waals surface area contributed by atoms with E-state index in [1.54, 1.807) is 0 Å². The maximum absolute atomic E-state index is 2.47. The highest BCUT2D eigenvalue weighted by Crippen LogP contribution is 2.56. The summed E-state index contributed by atoms with van der Waals surface area (Å²) in [5, 5.41) is 5.12. The van der Waals surface area contributed by atoms with Gasteiger partial charge in [-0.3, -0.25) is 0 Å². The van der Waals surface area contributed by atoms with Gasteiger partial charge in [0.15, 0.2) is 0 Å². The molecule has 1 aliphatic rings. The second-order valence-corrected chi connectivity index (χ2v) is 13.9. The van der Waals surface area contributed by atoms with E-state index in [9.17, 15) is 0 Å². The van der Waals surface area contributed by atoms with Crippen LogP contribution in [0.1, 0.15) is 33.4 Å². The van der Waals surface area contributed by atoms with Crippen molar-refractivity contribution in [1.29, 1.82) is 0 Å². The van der Waals surface area contributed by atoms with Crippen LogP contribution in [0, 0.1) is 13.8 Å². The van der Waals surface area contributed by atoms with E-state index in [-0.39, 0.29) is 0 Å². The summed E-state index contributed by atoms with van der Waals surface area (Å²) in [5.74, 6) is 0. The van der Waals surface area contributed by atoms with E-state index in [0.29, 0.717) is 0 Å². The van der Waals surface area contributed by atoms with Gasteiger partial charge < -0.3 is 4.57 Å². The number of hydrogen-bond donors (Lipinski definition) is 0. The highest BCUT2D eigenvalue weighted by molar-refractivity contribution is 6.22. The Morgan fingerprint density at radius 1 is 0.420 bits per heavy atom. The molecule has 0 bridgehead atoms. The van der Waals surface area contributed by atoms with E-state index in [2.05, 4.69) is 194 Å². The van der Waals surface area contributed by atoms with Crippen LogP contribution < -0.4 is 0 Å². The molecule has 50 heavy (non-hydrogen) atoms. The lowest BCUT2D eigenvalue weighted by molar-refractivity contribution is 0.769. The summed E-state index contributed by atoms with van der Waals surface area (Å²) in [6, 6.07) is 65.6. The minimum atomic E-state index is -0.427. The van der Waals surface area contributed by atoms with Gasteiger partial charge in [0.25, 0.3) is 0 Å². The number of fused-ring (bicyclic) bond motifs is 8. The summed E-state index contributed by atoms with van der Waals surface area (Å²) in [5.41, 5.74) is 16.1. The van der Waals surface area contributed by atoms with Crippen molar-refractivity contribution in [3.8, 4) is 27.9 Å². The summed E-state index contributed by atoms with van der Waals surface area (Å²) in [6.07, 6.45) is 0. The highest BCUT2D eigenvalue weighted by atomic mass is 15.0. The first-order chi connectivity index (χ1) is 24.6. The zero-order valence-corrected chi connectivity index (χ0v) is 28.2. The number of nitrogens with zero attached hydrogens (tertiary/aromatic N) is 1. The van der Waals surface area contributed by atoms with Crippen molar-refractivity contribution in [3.05, 3.63) is 209 Å². The summed E-state index contributed by atoms with van der Waals surface area (Å²) < 4.78 is 2.45. The van der Waals surface area contributed by atoms with Crippen molar-refractivity contribution in [3.63, 3.8) is 0 Å². The fourth-order valence-corrected chi connectivity index (χ4v) is 8.95. The van der Waals surface area contributed by atoms with Gasteiger partial charge in [0, 0.05) is 16.5 Å². The second-order valence-electron chi connectivity index (χ2n) is 13.9. The Hall–Kier alpha value is -6.18. The SMILES string of the molecule is Cc1cc(C)cc(-n2c3ccc(-c4ccc5c(c4)C(c4ccccc4)(c4ccccc4)c4ccccc4-5)cc3c3c4ccccc4ccc32)c1. The van der Waals surface area contributed by atoms with Crippen molar-refractivity contribution in [2.45, 2.75) is 19.3 Å². The molecule has 1 heterocycles. The lowest BCUT2D eigenvalue weighted by Gasteiger charge is -2.34. The van der Waals surface area contributed by atoms with Crippen LogP contribution in [0.15, 0.2) is 176 Å². The smallest absolute Gasteiger partial charge is 0.0713 e. The molecule has 0 fully saturated rings. The molecule has 10 rings (SSSR count). The van der Waals surface area contributed by atoms with Crippen LogP contribution in [-0.2, 0) is 5.41 Å². The lowest BCUT2D eigenvalue weighted by Crippen LogP contribution is -2.28. The Morgan fingerprint density at radius 2 is 1.02 bits per heavy atom. The standard InChI is InChI=1S/C49H35N/c1-32-27-33(2)29-39(28-32)50-46-25-23-35(30-43(46)48-40-18-10-9-13-34(40)22-26-47(48)50)36-21-24-42-41-19-11-12-20-44(41)49(45(42)31-36,37-14-5-3-6-15-37)38-16-7-4-8-17-38/h3-31H,1-2H3. The number of rotatable bonds is 4. The van der Waals surface area contributed by atoms with E-state index in [0.717, 1.165) is 0 Å². The van der Waals surface area contributed by atoms with Crippen LogP contribution in [0.3, 0.4) is 0 Å². The summed E-state index contributed by atoms with van der Waals surface area (Å²) in [7, 11) is 0. The average Bonchev–Trinajstić information content (AvgIpc) is 3.65. The maximum atomic E-state index is 2.47. The Labute approximate surface area is 292 Å². The molecule has 9 aromatic rings. The third-order valence-corrected chi connectivity index (χ3v) is 10.9. The molecule has 0 saturated carbocycles. The fourth-order valence-electron chi connectivity index (χ4n) is 8.95. The average molecular weight is 638 g/mol. The third-order valence-electron chi connectivity index (χ3n) is 10.9. The second kappa shape index (κ2) is 10.9. The van der Waals surface area contributed by atoms with Gasteiger partial charge in [0.05, 0.1) is 16.4 Å². The minimum Gasteiger partial charge on any atom is -0.309 e. The molecule has 0 saturated heterocycles. The first-order valence-corrected chi connectivity index (χ1v) is 17.5. The van der Waals surface area contributed by atoms with Gasteiger partial charge in [-0.15, -0.1) is 0 Å². The Bertz CT molecular complexity index is 2710. The monoisotopic (exact) mass is 637 g/mol. The Balaban J connectivity index is 1.26. The first-order valence-electron chi connectivity index (χ1n) is 17.5. The molecule has 1 aliphatic carbocycles. The van der Waals surface area contributed by atoms with E-state index in [4.69, 9.17) is 0 Å². The number of hydrogen-bond acceptors (Lipinski definition) is 0. The Morgan fingerprint density at radius 3 is 1.78 bits per heavy atom. The van der Waals surface area contributed by atoms with Crippen LogP contribution in [0.25, 0.3) is 60.5 Å². The van der Waals surface area contributed by atoms with Gasteiger partial charge in [0.1, 0.15) is 0 Å². The molecule has 0 N–H and O–H groups in total. The molecule has 0 aliphatic heterocycles. The summed E-state index contributed by atoms with van der Waals surface area (Å²) in [4.78, 5) is 0. The molecule has 1 aromatic heterocycles. The van der Waals surface area contributed by atoms with Gasteiger partial charge >= 0.3 is 0 Å². The molecule has 8 aromatic carbocycles. The molecule has 0 unspecified atom stereocenters. The molecular weight excluding hydrogens is 603 g/mol. The topological polar surface area (TPSA) is 4.93 Å². The van der Waals surface area contributed by atoms with E-state index >= 15 is 0 Å². The zero-order chi connectivity index (χ0) is 33.4. The molecule has 0 amide bonds. The van der Waals surface area contributed by atoms with Gasteiger partial charge in [0.2, 0.25) is 0 Å². The van der Waals surface area contributed by atoms with E-state index in [1.165, 1.54) is 93.9 Å². The van der Waals surface area contributed by atoms with Crippen LogP contribution in [0.5, 0.6) is 0 Å². The quantitative estimate of drug-likeness (QED) is 0.181. The van der Waals surface area contributed by atoms with E-state index < -0.39 is 5.41 Å². The first kappa shape index (κ1) is 28.8. The van der Waals surface area contributed by atoms with Crippen LogP contribution in [0.2, 0.25) is 0 Å². The van der Waals surface area contributed by atoms with Crippen LogP contribution in [0.4, 0.5) is 0 Å². The van der Waals surface area contributed by atoms with Gasteiger partial charge in [-0.2, -0.15) is 0 Å². The molecule has 0 radical (unpaired) electrons. The Kier molecular flexibility index (Phi) is 6.29. The molecule has 236 valence electrons. The fraction of sp³-hybridized carbons (Fsp3) is 0.0612. The van der Waals surface area contributed by atoms with E-state index in [1.807, 2.05) is 0 Å². The van der Waals surface area contributed by atoms with Crippen molar-refractivity contribution < 1.29 is 0 Å². The molecule has 0 atom stereocenters. The van der Waals surface area contributed by atoms with Gasteiger partial charge in [-0.05, 0) is 117 Å². The maximum Gasteiger partial charge on any atom is 0.0713 e. The predicted molar refractivity (Wildman–Crippen MR) is 211 cm³/mol. The van der Waals surface area contributed by atoms with Crippen LogP contribution >= 0.6 is 0 Å².